The molecule has 9 heteroatoms. The standard InChI is InChI=1S/C18H19ClFN3O3S/c19-13-3-8-17(16(20)11-13)21-12-18(24)22-14-4-6-15(7-5-14)27(25,26)23-9-1-2-10-23/h3-8,11,21H,1-2,9-10,12H2,(H,22,24). The molecule has 0 aromatic heterocycles. The summed E-state index contributed by atoms with van der Waals surface area (Å²) in [6.07, 6.45) is 1.74. The molecule has 0 unspecified atom stereocenters. The number of benzene rings is 2. The average molecular weight is 412 g/mol. The van der Waals surface area contributed by atoms with E-state index in [0.29, 0.717) is 18.8 Å². The van der Waals surface area contributed by atoms with Crippen molar-refractivity contribution in [2.24, 2.45) is 0 Å². The predicted octanol–water partition coefficient (Wildman–Crippen LogP) is 3.31. The van der Waals surface area contributed by atoms with E-state index in [9.17, 15) is 17.6 Å². The molecule has 0 atom stereocenters. The van der Waals surface area contributed by atoms with Gasteiger partial charge in [-0.3, -0.25) is 4.79 Å². The van der Waals surface area contributed by atoms with E-state index in [4.69, 9.17) is 11.6 Å². The summed E-state index contributed by atoms with van der Waals surface area (Å²) in [6, 6.07) is 10.1. The van der Waals surface area contributed by atoms with Crippen molar-refractivity contribution in [1.82, 2.24) is 4.31 Å². The Kier molecular flexibility index (Phi) is 5.98. The third-order valence-electron chi connectivity index (χ3n) is 4.21. The quantitative estimate of drug-likeness (QED) is 0.764. The van der Waals surface area contributed by atoms with Gasteiger partial charge in [-0.1, -0.05) is 11.6 Å². The van der Waals surface area contributed by atoms with Gasteiger partial charge in [0.15, 0.2) is 0 Å². The summed E-state index contributed by atoms with van der Waals surface area (Å²) in [5, 5.41) is 5.59. The largest absolute Gasteiger partial charge is 0.374 e. The van der Waals surface area contributed by atoms with Gasteiger partial charge >= 0.3 is 0 Å². The van der Waals surface area contributed by atoms with Crippen LogP contribution in [-0.4, -0.2) is 38.3 Å². The summed E-state index contributed by atoms with van der Waals surface area (Å²) < 4.78 is 40.1. The van der Waals surface area contributed by atoms with Crippen molar-refractivity contribution in [3.8, 4) is 0 Å². The van der Waals surface area contributed by atoms with Crippen LogP contribution in [-0.2, 0) is 14.8 Å². The smallest absolute Gasteiger partial charge is 0.243 e. The van der Waals surface area contributed by atoms with Crippen LogP contribution in [0.5, 0.6) is 0 Å². The first-order chi connectivity index (χ1) is 12.9. The number of carbonyl (C=O) groups excluding carboxylic acids is 1. The van der Waals surface area contributed by atoms with E-state index < -0.39 is 15.8 Å². The predicted molar refractivity (Wildman–Crippen MR) is 103 cm³/mol. The lowest BCUT2D eigenvalue weighted by Gasteiger charge is -2.15. The lowest BCUT2D eigenvalue weighted by molar-refractivity contribution is -0.114. The fourth-order valence-corrected chi connectivity index (χ4v) is 4.48. The Labute approximate surface area is 162 Å². The van der Waals surface area contributed by atoms with E-state index >= 15 is 0 Å². The van der Waals surface area contributed by atoms with E-state index in [2.05, 4.69) is 10.6 Å². The number of sulfonamides is 1. The summed E-state index contributed by atoms with van der Waals surface area (Å²) in [7, 11) is -3.48. The molecule has 1 heterocycles. The van der Waals surface area contributed by atoms with Crippen molar-refractivity contribution >= 4 is 38.9 Å². The number of carbonyl (C=O) groups is 1. The Morgan fingerprint density at radius 2 is 1.78 bits per heavy atom. The second-order valence-corrected chi connectivity index (χ2v) is 8.54. The molecule has 0 bridgehead atoms. The van der Waals surface area contributed by atoms with Gasteiger partial charge in [0.1, 0.15) is 5.82 Å². The zero-order valence-corrected chi connectivity index (χ0v) is 16.0. The molecule has 144 valence electrons. The average Bonchev–Trinajstić information content (AvgIpc) is 3.17. The molecule has 0 aliphatic carbocycles. The van der Waals surface area contributed by atoms with E-state index in [1.807, 2.05) is 0 Å². The minimum atomic E-state index is -3.48. The third kappa shape index (κ3) is 4.77. The minimum Gasteiger partial charge on any atom is -0.374 e. The number of halogens is 2. The van der Waals surface area contributed by atoms with Gasteiger partial charge in [-0.25, -0.2) is 12.8 Å². The van der Waals surface area contributed by atoms with Crippen LogP contribution in [0.2, 0.25) is 5.02 Å². The zero-order valence-electron chi connectivity index (χ0n) is 14.4. The monoisotopic (exact) mass is 411 g/mol. The van der Waals surface area contributed by atoms with Crippen molar-refractivity contribution in [2.45, 2.75) is 17.7 Å². The van der Waals surface area contributed by atoms with Gasteiger partial charge in [-0.2, -0.15) is 4.31 Å². The molecule has 2 aromatic rings. The molecule has 0 saturated carbocycles. The van der Waals surface area contributed by atoms with Crippen molar-refractivity contribution in [3.63, 3.8) is 0 Å². The maximum atomic E-state index is 13.7. The maximum absolute atomic E-state index is 13.7. The number of rotatable bonds is 6. The summed E-state index contributed by atoms with van der Waals surface area (Å²) in [4.78, 5) is 12.2. The molecule has 1 fully saturated rings. The lowest BCUT2D eigenvalue weighted by Crippen LogP contribution is -2.27. The first-order valence-corrected chi connectivity index (χ1v) is 10.3. The summed E-state index contributed by atoms with van der Waals surface area (Å²) in [5.74, 6) is -0.939. The topological polar surface area (TPSA) is 78.5 Å². The van der Waals surface area contributed by atoms with Gasteiger partial charge in [0.05, 0.1) is 17.1 Å². The molecule has 3 rings (SSSR count). The lowest BCUT2D eigenvalue weighted by atomic mass is 10.3. The van der Waals surface area contributed by atoms with Gasteiger partial charge in [0.25, 0.3) is 0 Å². The number of hydrogen-bond donors (Lipinski definition) is 2. The van der Waals surface area contributed by atoms with Crippen LogP contribution in [0.15, 0.2) is 47.4 Å². The molecule has 1 aliphatic rings. The van der Waals surface area contributed by atoms with E-state index in [-0.39, 0.29) is 28.1 Å². The van der Waals surface area contributed by atoms with Crippen molar-refractivity contribution in [2.75, 3.05) is 30.3 Å². The van der Waals surface area contributed by atoms with Crippen LogP contribution in [0.4, 0.5) is 15.8 Å². The highest BCUT2D eigenvalue weighted by molar-refractivity contribution is 7.89. The molecule has 27 heavy (non-hydrogen) atoms. The number of hydrogen-bond acceptors (Lipinski definition) is 4. The summed E-state index contributed by atoms with van der Waals surface area (Å²) in [5.41, 5.74) is 0.625. The first kappa shape index (κ1) is 19.6. The van der Waals surface area contributed by atoms with Crippen molar-refractivity contribution in [1.29, 1.82) is 0 Å². The summed E-state index contributed by atoms with van der Waals surface area (Å²) in [6.45, 7) is 0.924. The molecular formula is C18H19ClFN3O3S. The van der Waals surface area contributed by atoms with Gasteiger partial charge in [0.2, 0.25) is 15.9 Å². The fraction of sp³-hybridized carbons (Fsp3) is 0.278. The van der Waals surface area contributed by atoms with Crippen molar-refractivity contribution < 1.29 is 17.6 Å². The molecule has 1 amide bonds. The van der Waals surface area contributed by atoms with Crippen LogP contribution in [0.1, 0.15) is 12.8 Å². The van der Waals surface area contributed by atoms with Crippen LogP contribution in [0.25, 0.3) is 0 Å². The van der Waals surface area contributed by atoms with Crippen LogP contribution < -0.4 is 10.6 Å². The summed E-state index contributed by atoms with van der Waals surface area (Å²) >= 11 is 5.68. The second kappa shape index (κ2) is 8.24. The highest BCUT2D eigenvalue weighted by Gasteiger charge is 2.26. The van der Waals surface area contributed by atoms with E-state index in [1.54, 1.807) is 0 Å². The van der Waals surface area contributed by atoms with Crippen LogP contribution in [0, 0.1) is 5.82 Å². The maximum Gasteiger partial charge on any atom is 0.243 e. The Morgan fingerprint density at radius 3 is 2.41 bits per heavy atom. The van der Waals surface area contributed by atoms with E-state index in [0.717, 1.165) is 18.9 Å². The highest BCUT2D eigenvalue weighted by Crippen LogP contribution is 2.22. The van der Waals surface area contributed by atoms with Gasteiger partial charge < -0.3 is 10.6 Å². The third-order valence-corrected chi connectivity index (χ3v) is 6.36. The normalized spacial score (nSPS) is 14.9. The second-order valence-electron chi connectivity index (χ2n) is 6.16. The Hall–Kier alpha value is -2.16. The molecule has 2 N–H and O–H groups in total. The van der Waals surface area contributed by atoms with Crippen LogP contribution in [0.3, 0.4) is 0 Å². The van der Waals surface area contributed by atoms with Gasteiger partial charge in [-0.15, -0.1) is 0 Å². The molecule has 1 saturated heterocycles. The molecule has 0 radical (unpaired) electrons. The fourth-order valence-electron chi connectivity index (χ4n) is 2.80. The molecule has 6 nitrogen and oxygen atoms in total. The Balaban J connectivity index is 1.58. The number of anilines is 2. The van der Waals surface area contributed by atoms with Gasteiger partial charge in [-0.05, 0) is 55.3 Å². The minimum absolute atomic E-state index is 0.146. The van der Waals surface area contributed by atoms with Crippen molar-refractivity contribution in [3.05, 3.63) is 53.3 Å². The molecule has 2 aromatic carbocycles. The SMILES string of the molecule is O=C(CNc1ccc(Cl)cc1F)Nc1ccc(S(=O)(=O)N2CCCC2)cc1. The number of nitrogens with one attached hydrogen (secondary N) is 2. The molecule has 1 aliphatic heterocycles. The molecule has 0 spiro atoms. The number of amides is 1. The zero-order chi connectivity index (χ0) is 19.4. The van der Waals surface area contributed by atoms with Crippen LogP contribution >= 0.6 is 11.6 Å². The Morgan fingerprint density at radius 1 is 1.11 bits per heavy atom. The number of nitrogens with zero attached hydrogens (tertiary/aromatic N) is 1. The van der Waals surface area contributed by atoms with Gasteiger partial charge in [0, 0.05) is 23.8 Å². The molecular weight excluding hydrogens is 393 g/mol. The first-order valence-electron chi connectivity index (χ1n) is 8.45. The van der Waals surface area contributed by atoms with E-state index in [1.165, 1.54) is 40.7 Å². The Bertz CT molecular complexity index is 929. The highest BCUT2D eigenvalue weighted by atomic mass is 35.5.